The van der Waals surface area contributed by atoms with Crippen molar-refractivity contribution < 1.29 is 4.39 Å². The van der Waals surface area contributed by atoms with Crippen LogP contribution in [0.3, 0.4) is 0 Å². The molecule has 1 unspecified atom stereocenters. The summed E-state index contributed by atoms with van der Waals surface area (Å²) in [5.74, 6) is -0.199. The molecule has 0 radical (unpaired) electrons. The second kappa shape index (κ2) is 6.09. The van der Waals surface area contributed by atoms with Crippen molar-refractivity contribution in [2.45, 2.75) is 12.6 Å². The first-order chi connectivity index (χ1) is 8.70. The van der Waals surface area contributed by atoms with Crippen molar-refractivity contribution in [2.24, 2.45) is 5.73 Å². The van der Waals surface area contributed by atoms with E-state index in [0.717, 1.165) is 12.1 Å². The summed E-state index contributed by atoms with van der Waals surface area (Å²) in [7, 11) is 2.04. The van der Waals surface area contributed by atoms with Crippen LogP contribution in [-0.2, 0) is 6.54 Å². The highest BCUT2D eigenvalue weighted by molar-refractivity contribution is 7.10. The van der Waals surface area contributed by atoms with Gasteiger partial charge in [-0.3, -0.25) is 4.90 Å². The minimum atomic E-state index is -0.199. The van der Waals surface area contributed by atoms with Crippen LogP contribution in [0.2, 0.25) is 0 Å². The Morgan fingerprint density at radius 1 is 1.28 bits per heavy atom. The van der Waals surface area contributed by atoms with Gasteiger partial charge >= 0.3 is 0 Å². The molecule has 96 valence electrons. The topological polar surface area (TPSA) is 29.3 Å². The van der Waals surface area contributed by atoms with Gasteiger partial charge in [0.15, 0.2) is 0 Å². The SMILES string of the molecule is CN(Cc1ccc(F)cc1)C(CN)c1cccs1. The Labute approximate surface area is 111 Å². The number of hydrogen-bond donors (Lipinski definition) is 1. The van der Waals surface area contributed by atoms with Gasteiger partial charge in [0.2, 0.25) is 0 Å². The number of hydrogen-bond acceptors (Lipinski definition) is 3. The first-order valence-corrected chi connectivity index (χ1v) is 6.77. The van der Waals surface area contributed by atoms with Crippen LogP contribution < -0.4 is 5.73 Å². The van der Waals surface area contributed by atoms with Crippen LogP contribution in [0.4, 0.5) is 4.39 Å². The molecule has 4 heteroatoms. The molecule has 1 atom stereocenters. The van der Waals surface area contributed by atoms with E-state index in [-0.39, 0.29) is 11.9 Å². The summed E-state index contributed by atoms with van der Waals surface area (Å²) >= 11 is 1.72. The lowest BCUT2D eigenvalue weighted by atomic mass is 10.1. The van der Waals surface area contributed by atoms with Crippen molar-refractivity contribution in [1.29, 1.82) is 0 Å². The maximum Gasteiger partial charge on any atom is 0.123 e. The maximum absolute atomic E-state index is 12.8. The first-order valence-electron chi connectivity index (χ1n) is 5.89. The Kier molecular flexibility index (Phi) is 4.47. The Morgan fingerprint density at radius 2 is 2.00 bits per heavy atom. The molecule has 0 aliphatic heterocycles. The largest absolute Gasteiger partial charge is 0.329 e. The zero-order valence-corrected chi connectivity index (χ0v) is 11.2. The van der Waals surface area contributed by atoms with Crippen LogP contribution in [0.15, 0.2) is 41.8 Å². The van der Waals surface area contributed by atoms with Crippen LogP contribution in [-0.4, -0.2) is 18.5 Å². The van der Waals surface area contributed by atoms with Gasteiger partial charge < -0.3 is 5.73 Å². The molecule has 0 aliphatic rings. The summed E-state index contributed by atoms with van der Waals surface area (Å²) in [6.45, 7) is 1.35. The zero-order valence-electron chi connectivity index (χ0n) is 10.3. The molecule has 1 aromatic heterocycles. The Morgan fingerprint density at radius 3 is 2.56 bits per heavy atom. The lowest BCUT2D eigenvalue weighted by Gasteiger charge is -2.26. The van der Waals surface area contributed by atoms with Gasteiger partial charge in [-0.2, -0.15) is 0 Å². The normalized spacial score (nSPS) is 12.9. The Balaban J connectivity index is 2.06. The quantitative estimate of drug-likeness (QED) is 0.899. The number of rotatable bonds is 5. The standard InChI is InChI=1S/C14H17FN2S/c1-17(10-11-4-6-12(15)7-5-11)13(9-16)14-3-2-8-18-14/h2-8,13H,9-10,16H2,1H3. The lowest BCUT2D eigenvalue weighted by Crippen LogP contribution is -2.29. The Hall–Kier alpha value is -1.23. The second-order valence-corrected chi connectivity index (χ2v) is 5.29. The summed E-state index contributed by atoms with van der Waals surface area (Å²) in [6.07, 6.45) is 0. The monoisotopic (exact) mass is 264 g/mol. The van der Waals surface area contributed by atoms with E-state index >= 15 is 0 Å². The molecule has 2 N–H and O–H groups in total. The van der Waals surface area contributed by atoms with Gasteiger partial charge in [0, 0.05) is 18.0 Å². The number of halogens is 1. The van der Waals surface area contributed by atoms with Crippen molar-refractivity contribution in [1.82, 2.24) is 4.90 Å². The number of nitrogens with zero attached hydrogens (tertiary/aromatic N) is 1. The molecule has 1 aromatic carbocycles. The van der Waals surface area contributed by atoms with Crippen LogP contribution in [0.1, 0.15) is 16.5 Å². The maximum atomic E-state index is 12.8. The highest BCUT2D eigenvalue weighted by atomic mass is 32.1. The van der Waals surface area contributed by atoms with Gasteiger partial charge in [0.05, 0.1) is 6.04 Å². The van der Waals surface area contributed by atoms with Crippen molar-refractivity contribution in [3.8, 4) is 0 Å². The van der Waals surface area contributed by atoms with Gasteiger partial charge in [-0.15, -0.1) is 11.3 Å². The van der Waals surface area contributed by atoms with E-state index in [1.54, 1.807) is 11.3 Å². The fourth-order valence-corrected chi connectivity index (χ4v) is 2.89. The fraction of sp³-hybridized carbons (Fsp3) is 0.286. The smallest absolute Gasteiger partial charge is 0.123 e. The molecular weight excluding hydrogens is 247 g/mol. The van der Waals surface area contributed by atoms with Crippen molar-refractivity contribution in [3.05, 3.63) is 58.0 Å². The van der Waals surface area contributed by atoms with Crippen LogP contribution in [0, 0.1) is 5.82 Å². The van der Waals surface area contributed by atoms with E-state index < -0.39 is 0 Å². The number of benzene rings is 1. The third-order valence-corrected chi connectivity index (χ3v) is 3.95. The molecule has 0 spiro atoms. The number of likely N-dealkylation sites (N-methyl/N-ethyl adjacent to an activating group) is 1. The van der Waals surface area contributed by atoms with E-state index in [9.17, 15) is 4.39 Å². The van der Waals surface area contributed by atoms with Crippen molar-refractivity contribution in [3.63, 3.8) is 0 Å². The zero-order chi connectivity index (χ0) is 13.0. The molecule has 0 fully saturated rings. The van der Waals surface area contributed by atoms with E-state index in [0.29, 0.717) is 6.54 Å². The predicted molar refractivity (Wildman–Crippen MR) is 74.0 cm³/mol. The van der Waals surface area contributed by atoms with Gasteiger partial charge in [-0.25, -0.2) is 4.39 Å². The van der Waals surface area contributed by atoms with E-state index in [1.807, 2.05) is 25.2 Å². The minimum absolute atomic E-state index is 0.199. The fourth-order valence-electron chi connectivity index (χ4n) is 1.98. The molecule has 2 nitrogen and oxygen atoms in total. The highest BCUT2D eigenvalue weighted by Gasteiger charge is 2.16. The minimum Gasteiger partial charge on any atom is -0.329 e. The molecule has 2 aromatic rings. The summed E-state index contributed by atoms with van der Waals surface area (Å²) in [6, 6.07) is 11.0. The third kappa shape index (κ3) is 3.16. The molecule has 18 heavy (non-hydrogen) atoms. The van der Waals surface area contributed by atoms with Gasteiger partial charge in [-0.05, 0) is 36.2 Å². The summed E-state index contributed by atoms with van der Waals surface area (Å²) in [5, 5.41) is 2.06. The van der Waals surface area contributed by atoms with E-state index in [4.69, 9.17) is 5.73 Å². The summed E-state index contributed by atoms with van der Waals surface area (Å²) in [5.41, 5.74) is 6.94. The molecule has 0 aliphatic carbocycles. The highest BCUT2D eigenvalue weighted by Crippen LogP contribution is 2.24. The molecule has 0 amide bonds. The van der Waals surface area contributed by atoms with E-state index in [2.05, 4.69) is 16.3 Å². The summed E-state index contributed by atoms with van der Waals surface area (Å²) < 4.78 is 12.8. The average molecular weight is 264 g/mol. The van der Waals surface area contributed by atoms with Crippen LogP contribution >= 0.6 is 11.3 Å². The molecular formula is C14H17FN2S. The molecule has 0 bridgehead atoms. The van der Waals surface area contributed by atoms with Crippen molar-refractivity contribution in [2.75, 3.05) is 13.6 Å². The molecule has 0 saturated heterocycles. The van der Waals surface area contributed by atoms with Gasteiger partial charge in [0.1, 0.15) is 5.82 Å². The van der Waals surface area contributed by atoms with Crippen LogP contribution in [0.5, 0.6) is 0 Å². The number of thiophene rings is 1. The average Bonchev–Trinajstić information content (AvgIpc) is 2.87. The molecule has 0 saturated carbocycles. The summed E-state index contributed by atoms with van der Waals surface area (Å²) in [4.78, 5) is 3.46. The molecule has 1 heterocycles. The predicted octanol–water partition coefficient (Wildman–Crippen LogP) is 3.02. The lowest BCUT2D eigenvalue weighted by molar-refractivity contribution is 0.245. The van der Waals surface area contributed by atoms with Gasteiger partial charge in [0.25, 0.3) is 0 Å². The Bertz CT molecular complexity index is 467. The first kappa shape index (κ1) is 13.2. The molecule has 2 rings (SSSR count). The van der Waals surface area contributed by atoms with Gasteiger partial charge in [-0.1, -0.05) is 18.2 Å². The number of nitrogens with two attached hydrogens (primary N) is 1. The van der Waals surface area contributed by atoms with E-state index in [1.165, 1.54) is 17.0 Å². The third-order valence-electron chi connectivity index (χ3n) is 2.97. The van der Waals surface area contributed by atoms with Crippen molar-refractivity contribution >= 4 is 11.3 Å². The second-order valence-electron chi connectivity index (χ2n) is 4.31. The van der Waals surface area contributed by atoms with Crippen LogP contribution in [0.25, 0.3) is 0 Å².